The van der Waals surface area contributed by atoms with Gasteiger partial charge in [-0.1, -0.05) is 36.4 Å². The molecule has 2 aromatic carbocycles. The van der Waals surface area contributed by atoms with Gasteiger partial charge >= 0.3 is 0 Å². The number of ketones is 1. The number of likely N-dealkylation sites (N-methyl/N-ethyl adjacent to an activating group) is 1. The van der Waals surface area contributed by atoms with Crippen LogP contribution in [0.3, 0.4) is 0 Å². The van der Waals surface area contributed by atoms with Crippen molar-refractivity contribution in [2.24, 2.45) is 11.3 Å². The van der Waals surface area contributed by atoms with E-state index in [4.69, 9.17) is 14.2 Å². The zero-order valence-corrected chi connectivity index (χ0v) is 19.6. The summed E-state index contributed by atoms with van der Waals surface area (Å²) in [5.74, 6) is 1.70. The third kappa shape index (κ3) is 2.07. The van der Waals surface area contributed by atoms with Gasteiger partial charge in [-0.3, -0.25) is 4.79 Å². The van der Waals surface area contributed by atoms with Crippen molar-refractivity contribution in [2.45, 2.75) is 55.3 Å². The van der Waals surface area contributed by atoms with Crippen LogP contribution >= 0.6 is 0 Å². The predicted molar refractivity (Wildman–Crippen MR) is 124 cm³/mol. The Labute approximate surface area is 195 Å². The molecule has 8 rings (SSSR count). The molecular weight excluding hydrogens is 414 g/mol. The number of Topliss-reactive ketones (excluding diaryl/α,β-unsaturated/α-hetero) is 1. The first-order valence-electron chi connectivity index (χ1n) is 12.2. The SMILES string of the molecule is COc1ccc2c3c1O[C@H]1[C@@]4(OC)CC[C@@]5(C[C@H]4C(=O)c4ccccc4)[C@@H](C2)N(C)CC[C@]315. The molecule has 2 aromatic rings. The van der Waals surface area contributed by atoms with Gasteiger partial charge in [0.1, 0.15) is 11.7 Å². The highest BCUT2D eigenvalue weighted by molar-refractivity contribution is 5.99. The number of nitrogens with zero attached hydrogens (tertiary/aromatic N) is 1. The number of likely N-dealkylation sites (tertiary alicyclic amines) is 1. The number of carbonyl (C=O) groups excluding carboxylic acids is 1. The van der Waals surface area contributed by atoms with Crippen LogP contribution in [0.15, 0.2) is 42.5 Å². The molecule has 6 aliphatic rings. The smallest absolute Gasteiger partial charge is 0.168 e. The fourth-order valence-electron chi connectivity index (χ4n) is 8.93. The number of hydrogen-bond donors (Lipinski definition) is 0. The van der Waals surface area contributed by atoms with Crippen LogP contribution in [0.5, 0.6) is 11.5 Å². The summed E-state index contributed by atoms with van der Waals surface area (Å²) in [6.07, 6.45) is 4.66. The van der Waals surface area contributed by atoms with Crippen LogP contribution in [0.2, 0.25) is 0 Å². The van der Waals surface area contributed by atoms with Crippen LogP contribution < -0.4 is 9.47 Å². The van der Waals surface area contributed by atoms with Crippen molar-refractivity contribution in [3.8, 4) is 11.5 Å². The molecule has 4 fully saturated rings. The number of piperidine rings is 1. The van der Waals surface area contributed by atoms with Gasteiger partial charge in [-0.15, -0.1) is 0 Å². The quantitative estimate of drug-likeness (QED) is 0.666. The minimum Gasteiger partial charge on any atom is -0.493 e. The molecule has 0 unspecified atom stereocenters. The van der Waals surface area contributed by atoms with Crippen LogP contribution in [0.4, 0.5) is 0 Å². The topological polar surface area (TPSA) is 48.0 Å². The maximum atomic E-state index is 14.0. The monoisotopic (exact) mass is 445 g/mol. The van der Waals surface area contributed by atoms with E-state index in [2.05, 4.69) is 24.1 Å². The van der Waals surface area contributed by atoms with Crippen molar-refractivity contribution in [3.05, 3.63) is 59.2 Å². The van der Waals surface area contributed by atoms with Crippen LogP contribution in [-0.2, 0) is 16.6 Å². The summed E-state index contributed by atoms with van der Waals surface area (Å²) in [6.45, 7) is 1.04. The van der Waals surface area contributed by atoms with E-state index in [1.54, 1.807) is 14.2 Å². The number of carbonyl (C=O) groups is 1. The van der Waals surface area contributed by atoms with Crippen LogP contribution in [0.1, 0.15) is 47.2 Å². The number of hydrogen-bond acceptors (Lipinski definition) is 5. The molecule has 6 atom stereocenters. The van der Waals surface area contributed by atoms with E-state index >= 15 is 0 Å². The van der Waals surface area contributed by atoms with Crippen molar-refractivity contribution < 1.29 is 19.0 Å². The normalized spacial score (nSPS) is 39.7. The Morgan fingerprint density at radius 2 is 1.91 bits per heavy atom. The van der Waals surface area contributed by atoms with E-state index in [1.807, 2.05) is 30.3 Å². The average molecular weight is 446 g/mol. The highest BCUT2D eigenvalue weighted by Gasteiger charge is 2.81. The minimum atomic E-state index is -0.631. The van der Waals surface area contributed by atoms with E-state index in [-0.39, 0.29) is 28.6 Å². The van der Waals surface area contributed by atoms with E-state index in [9.17, 15) is 4.79 Å². The molecule has 2 aliphatic heterocycles. The zero-order valence-electron chi connectivity index (χ0n) is 19.6. The largest absolute Gasteiger partial charge is 0.493 e. The summed E-state index contributed by atoms with van der Waals surface area (Å²) in [4.78, 5) is 16.6. The zero-order chi connectivity index (χ0) is 22.6. The maximum Gasteiger partial charge on any atom is 0.168 e. The third-order valence-electron chi connectivity index (χ3n) is 10.2. The molecule has 4 bridgehead atoms. The molecule has 3 saturated carbocycles. The highest BCUT2D eigenvalue weighted by atomic mass is 16.6. The Balaban J connectivity index is 1.49. The van der Waals surface area contributed by atoms with Crippen molar-refractivity contribution in [1.82, 2.24) is 4.90 Å². The second kappa shape index (κ2) is 6.39. The second-order valence-corrected chi connectivity index (χ2v) is 10.9. The summed E-state index contributed by atoms with van der Waals surface area (Å²) < 4.78 is 19.2. The molecule has 172 valence electrons. The van der Waals surface area contributed by atoms with Crippen LogP contribution in [0.25, 0.3) is 0 Å². The fourth-order valence-corrected chi connectivity index (χ4v) is 8.93. The van der Waals surface area contributed by atoms with Gasteiger partial charge in [-0.25, -0.2) is 0 Å². The van der Waals surface area contributed by atoms with Crippen molar-refractivity contribution in [1.29, 1.82) is 0 Å². The molecule has 33 heavy (non-hydrogen) atoms. The van der Waals surface area contributed by atoms with Gasteiger partial charge in [-0.05, 0) is 57.3 Å². The average Bonchev–Trinajstić information content (AvgIpc) is 3.23. The molecule has 0 N–H and O–H groups in total. The molecule has 2 spiro atoms. The Kier molecular flexibility index (Phi) is 3.88. The molecule has 1 saturated heterocycles. The fraction of sp³-hybridized carbons (Fsp3) is 0.536. The van der Waals surface area contributed by atoms with Gasteiger partial charge in [0.15, 0.2) is 17.3 Å². The Hall–Kier alpha value is -2.37. The lowest BCUT2D eigenvalue weighted by Gasteiger charge is -2.73. The lowest BCUT2D eigenvalue weighted by atomic mass is 9.34. The summed E-state index contributed by atoms with van der Waals surface area (Å²) in [7, 11) is 5.78. The van der Waals surface area contributed by atoms with Crippen LogP contribution in [0, 0.1) is 11.3 Å². The number of rotatable bonds is 4. The lowest BCUT2D eigenvalue weighted by molar-refractivity contribution is -0.265. The van der Waals surface area contributed by atoms with Crippen LogP contribution in [-0.4, -0.2) is 56.2 Å². The van der Waals surface area contributed by atoms with Crippen molar-refractivity contribution in [3.63, 3.8) is 0 Å². The first-order chi connectivity index (χ1) is 16.0. The first-order valence-corrected chi connectivity index (χ1v) is 12.2. The maximum absolute atomic E-state index is 14.0. The van der Waals surface area contributed by atoms with Crippen molar-refractivity contribution in [2.75, 3.05) is 27.8 Å². The highest BCUT2D eigenvalue weighted by Crippen LogP contribution is 2.76. The summed E-state index contributed by atoms with van der Waals surface area (Å²) in [6, 6.07) is 14.5. The molecular formula is C28H31NO4. The van der Waals surface area contributed by atoms with E-state index < -0.39 is 5.60 Å². The first kappa shape index (κ1) is 20.0. The summed E-state index contributed by atoms with van der Waals surface area (Å²) in [5, 5.41) is 0. The Morgan fingerprint density at radius 1 is 1.09 bits per heavy atom. The van der Waals surface area contributed by atoms with E-state index in [0.717, 1.165) is 55.7 Å². The summed E-state index contributed by atoms with van der Waals surface area (Å²) in [5.41, 5.74) is 2.78. The van der Waals surface area contributed by atoms with Crippen molar-refractivity contribution >= 4 is 5.78 Å². The molecule has 4 aliphatic carbocycles. The molecule has 0 aromatic heterocycles. The lowest BCUT2D eigenvalue weighted by Crippen LogP contribution is -2.81. The molecule has 5 nitrogen and oxygen atoms in total. The molecule has 5 heteroatoms. The van der Waals surface area contributed by atoms with Gasteiger partial charge < -0.3 is 19.1 Å². The predicted octanol–water partition coefficient (Wildman–Crippen LogP) is 4.02. The van der Waals surface area contributed by atoms with Gasteiger partial charge in [0.2, 0.25) is 0 Å². The molecule has 2 heterocycles. The second-order valence-electron chi connectivity index (χ2n) is 10.9. The van der Waals surface area contributed by atoms with Gasteiger partial charge in [-0.2, -0.15) is 0 Å². The van der Waals surface area contributed by atoms with Gasteiger partial charge in [0.25, 0.3) is 0 Å². The van der Waals surface area contributed by atoms with E-state index in [1.165, 1.54) is 11.1 Å². The van der Waals surface area contributed by atoms with Gasteiger partial charge in [0.05, 0.1) is 13.0 Å². The summed E-state index contributed by atoms with van der Waals surface area (Å²) >= 11 is 0. The number of ether oxygens (including phenoxy) is 3. The molecule has 0 amide bonds. The Bertz CT molecular complexity index is 1160. The minimum absolute atomic E-state index is 0.00463. The third-order valence-corrected chi connectivity index (χ3v) is 10.2. The number of benzene rings is 2. The van der Waals surface area contributed by atoms with E-state index in [0.29, 0.717) is 6.04 Å². The standard InChI is InChI=1S/C28H31NO4/c1-29-14-13-27-22-18-9-10-20(31-2)24(22)33-25(27)28(32-3)12-11-26(27,21(29)15-18)16-19(28)23(30)17-7-5-4-6-8-17/h4-10,19,21,25H,11-16H2,1-3H3/t19-,21+,25+,26+,27-,28+/m0/s1. The number of methoxy groups -OCH3 is 2. The Morgan fingerprint density at radius 3 is 2.67 bits per heavy atom. The molecule has 0 radical (unpaired) electrons. The number of fused-ring (bicyclic) bond motifs is 2. The van der Waals surface area contributed by atoms with Gasteiger partial charge in [0, 0.05) is 35.1 Å².